The first-order valence-corrected chi connectivity index (χ1v) is 5.72. The maximum Gasteiger partial charge on any atom is 0.417 e. The molecule has 0 bridgehead atoms. The maximum atomic E-state index is 13.0. The number of nitrogens with zero attached hydrogens (tertiary/aromatic N) is 1. The van der Waals surface area contributed by atoms with Crippen molar-refractivity contribution in [2.45, 2.75) is 6.18 Å². The van der Waals surface area contributed by atoms with Crippen LogP contribution in [0, 0.1) is 11.3 Å². The van der Waals surface area contributed by atoms with Crippen molar-refractivity contribution in [3.8, 4) is 22.9 Å². The highest BCUT2D eigenvalue weighted by molar-refractivity contribution is 5.74. The fraction of sp³-hybridized carbons (Fsp3) is 0.133. The van der Waals surface area contributed by atoms with Crippen molar-refractivity contribution < 1.29 is 17.9 Å². The zero-order valence-corrected chi connectivity index (χ0v) is 10.5. The second-order valence-electron chi connectivity index (χ2n) is 4.07. The Morgan fingerprint density at radius 2 is 1.75 bits per heavy atom. The highest BCUT2D eigenvalue weighted by Crippen LogP contribution is 2.40. The van der Waals surface area contributed by atoms with Gasteiger partial charge in [0, 0.05) is 5.56 Å². The lowest BCUT2D eigenvalue weighted by atomic mass is 9.97. The summed E-state index contributed by atoms with van der Waals surface area (Å²) in [5.41, 5.74) is -0.0705. The van der Waals surface area contributed by atoms with Crippen LogP contribution in [-0.2, 0) is 6.18 Å². The third-order valence-electron chi connectivity index (χ3n) is 2.85. The molecule has 102 valence electrons. The van der Waals surface area contributed by atoms with Crippen LogP contribution in [0.1, 0.15) is 11.1 Å². The SMILES string of the molecule is COc1cc(C#N)ccc1-c1ccccc1C(F)(F)F. The van der Waals surface area contributed by atoms with Crippen molar-refractivity contribution in [2.24, 2.45) is 0 Å². The number of hydrogen-bond donors (Lipinski definition) is 0. The molecular formula is C15H10F3NO. The Morgan fingerprint density at radius 1 is 1.05 bits per heavy atom. The topological polar surface area (TPSA) is 33.0 Å². The lowest BCUT2D eigenvalue weighted by molar-refractivity contribution is -0.137. The molecule has 0 aromatic heterocycles. The van der Waals surface area contributed by atoms with Gasteiger partial charge in [-0.15, -0.1) is 0 Å². The zero-order valence-electron chi connectivity index (χ0n) is 10.5. The van der Waals surface area contributed by atoms with Crippen LogP contribution in [0.4, 0.5) is 13.2 Å². The van der Waals surface area contributed by atoms with Crippen molar-refractivity contribution >= 4 is 0 Å². The van der Waals surface area contributed by atoms with E-state index in [4.69, 9.17) is 10.00 Å². The van der Waals surface area contributed by atoms with E-state index >= 15 is 0 Å². The number of ether oxygens (including phenoxy) is 1. The third kappa shape index (κ3) is 2.59. The second kappa shape index (κ2) is 5.25. The molecule has 0 saturated carbocycles. The first-order chi connectivity index (χ1) is 9.47. The van der Waals surface area contributed by atoms with E-state index < -0.39 is 11.7 Å². The van der Waals surface area contributed by atoms with Crippen LogP contribution in [-0.4, -0.2) is 7.11 Å². The Kier molecular flexibility index (Phi) is 3.66. The van der Waals surface area contributed by atoms with Crippen molar-refractivity contribution in [1.29, 1.82) is 5.26 Å². The van der Waals surface area contributed by atoms with Gasteiger partial charge in [0.25, 0.3) is 0 Å². The van der Waals surface area contributed by atoms with Gasteiger partial charge in [0.05, 0.1) is 24.3 Å². The highest BCUT2D eigenvalue weighted by Gasteiger charge is 2.33. The lowest BCUT2D eigenvalue weighted by Crippen LogP contribution is -2.07. The Hall–Kier alpha value is -2.48. The molecule has 0 fully saturated rings. The monoisotopic (exact) mass is 277 g/mol. The number of benzene rings is 2. The van der Waals surface area contributed by atoms with E-state index in [9.17, 15) is 13.2 Å². The molecule has 0 unspecified atom stereocenters. The van der Waals surface area contributed by atoms with Crippen LogP contribution < -0.4 is 4.74 Å². The molecule has 0 aliphatic carbocycles. The van der Waals surface area contributed by atoms with Gasteiger partial charge in [-0.05, 0) is 29.8 Å². The fourth-order valence-electron chi connectivity index (χ4n) is 1.95. The predicted molar refractivity (Wildman–Crippen MR) is 68.1 cm³/mol. The number of nitriles is 1. The quantitative estimate of drug-likeness (QED) is 0.822. The summed E-state index contributed by atoms with van der Waals surface area (Å²) in [6.07, 6.45) is -4.45. The molecule has 2 aromatic carbocycles. The molecule has 0 radical (unpaired) electrons. The van der Waals surface area contributed by atoms with Gasteiger partial charge in [-0.2, -0.15) is 18.4 Å². The molecule has 0 saturated heterocycles. The summed E-state index contributed by atoms with van der Waals surface area (Å²) in [7, 11) is 1.36. The van der Waals surface area contributed by atoms with E-state index in [-0.39, 0.29) is 11.3 Å². The fourth-order valence-corrected chi connectivity index (χ4v) is 1.95. The number of alkyl halides is 3. The van der Waals surface area contributed by atoms with E-state index in [0.29, 0.717) is 11.1 Å². The molecular weight excluding hydrogens is 267 g/mol. The molecule has 0 amide bonds. The summed E-state index contributed by atoms with van der Waals surface area (Å²) in [6.45, 7) is 0. The van der Waals surface area contributed by atoms with Gasteiger partial charge in [0.2, 0.25) is 0 Å². The van der Waals surface area contributed by atoms with Crippen LogP contribution in [0.5, 0.6) is 5.75 Å². The molecule has 0 heterocycles. The van der Waals surface area contributed by atoms with Gasteiger partial charge < -0.3 is 4.74 Å². The minimum atomic E-state index is -4.45. The Bertz CT molecular complexity index is 672. The number of methoxy groups -OCH3 is 1. The van der Waals surface area contributed by atoms with Crippen molar-refractivity contribution in [3.05, 3.63) is 53.6 Å². The Balaban J connectivity index is 2.67. The Labute approximate surface area is 114 Å². The van der Waals surface area contributed by atoms with Crippen molar-refractivity contribution in [2.75, 3.05) is 7.11 Å². The van der Waals surface area contributed by atoms with Gasteiger partial charge in [-0.3, -0.25) is 0 Å². The minimum absolute atomic E-state index is 0.0290. The van der Waals surface area contributed by atoms with Gasteiger partial charge >= 0.3 is 6.18 Å². The molecule has 0 atom stereocenters. The van der Waals surface area contributed by atoms with E-state index in [1.165, 1.54) is 43.5 Å². The molecule has 0 spiro atoms. The molecule has 0 aliphatic rings. The van der Waals surface area contributed by atoms with Crippen LogP contribution in [0.25, 0.3) is 11.1 Å². The van der Waals surface area contributed by atoms with E-state index in [1.54, 1.807) is 0 Å². The summed E-state index contributed by atoms with van der Waals surface area (Å²) < 4.78 is 44.2. The summed E-state index contributed by atoms with van der Waals surface area (Å²) in [5.74, 6) is 0.237. The molecule has 2 rings (SSSR count). The van der Waals surface area contributed by atoms with Crippen LogP contribution in [0.2, 0.25) is 0 Å². The van der Waals surface area contributed by atoms with E-state index in [2.05, 4.69) is 0 Å². The molecule has 2 nitrogen and oxygen atoms in total. The summed E-state index contributed by atoms with van der Waals surface area (Å²) in [6, 6.07) is 11.5. The molecule has 5 heteroatoms. The van der Waals surface area contributed by atoms with Crippen LogP contribution >= 0.6 is 0 Å². The number of rotatable bonds is 2. The van der Waals surface area contributed by atoms with E-state index in [0.717, 1.165) is 6.07 Å². The van der Waals surface area contributed by atoms with Gasteiger partial charge in [-0.1, -0.05) is 18.2 Å². The largest absolute Gasteiger partial charge is 0.496 e. The van der Waals surface area contributed by atoms with Crippen molar-refractivity contribution in [3.63, 3.8) is 0 Å². The normalized spacial score (nSPS) is 10.9. The third-order valence-corrected chi connectivity index (χ3v) is 2.85. The maximum absolute atomic E-state index is 13.0. The average Bonchev–Trinajstić information content (AvgIpc) is 2.45. The predicted octanol–water partition coefficient (Wildman–Crippen LogP) is 4.25. The standard InChI is InChI=1S/C15H10F3NO/c1-20-14-8-10(9-19)6-7-12(14)11-4-2-3-5-13(11)15(16,17)18/h2-8H,1H3. The summed E-state index contributed by atoms with van der Waals surface area (Å²) >= 11 is 0. The Morgan fingerprint density at radius 3 is 2.35 bits per heavy atom. The van der Waals surface area contributed by atoms with E-state index in [1.807, 2.05) is 6.07 Å². The lowest BCUT2D eigenvalue weighted by Gasteiger charge is -2.15. The van der Waals surface area contributed by atoms with Gasteiger partial charge in [0.1, 0.15) is 5.75 Å². The number of hydrogen-bond acceptors (Lipinski definition) is 2. The zero-order chi connectivity index (χ0) is 14.8. The van der Waals surface area contributed by atoms with Gasteiger partial charge in [0.15, 0.2) is 0 Å². The second-order valence-corrected chi connectivity index (χ2v) is 4.07. The van der Waals surface area contributed by atoms with Crippen molar-refractivity contribution in [1.82, 2.24) is 0 Å². The van der Waals surface area contributed by atoms with Gasteiger partial charge in [-0.25, -0.2) is 0 Å². The smallest absolute Gasteiger partial charge is 0.417 e. The van der Waals surface area contributed by atoms with Crippen LogP contribution in [0.3, 0.4) is 0 Å². The molecule has 0 N–H and O–H groups in total. The molecule has 0 aliphatic heterocycles. The number of halogens is 3. The average molecular weight is 277 g/mol. The molecule has 20 heavy (non-hydrogen) atoms. The van der Waals surface area contributed by atoms with Crippen LogP contribution in [0.15, 0.2) is 42.5 Å². The molecule has 2 aromatic rings. The summed E-state index contributed by atoms with van der Waals surface area (Å²) in [4.78, 5) is 0. The summed E-state index contributed by atoms with van der Waals surface area (Å²) in [5, 5.41) is 8.82. The first-order valence-electron chi connectivity index (χ1n) is 5.72. The minimum Gasteiger partial charge on any atom is -0.496 e. The highest BCUT2D eigenvalue weighted by atomic mass is 19.4. The first kappa shape index (κ1) is 13.9.